The van der Waals surface area contributed by atoms with Crippen molar-refractivity contribution >= 4 is 29.1 Å². The number of rotatable bonds is 10. The molecule has 1 aliphatic carbocycles. The van der Waals surface area contributed by atoms with Crippen molar-refractivity contribution in [2.45, 2.75) is 58.0 Å². The number of nitrogens with zero attached hydrogens (tertiary/aromatic N) is 1. The van der Waals surface area contributed by atoms with Crippen LogP contribution in [0.25, 0.3) is 0 Å². The highest BCUT2D eigenvalue weighted by molar-refractivity contribution is 7.12. The van der Waals surface area contributed by atoms with Crippen molar-refractivity contribution in [1.82, 2.24) is 15.5 Å². The molecule has 172 valence electrons. The van der Waals surface area contributed by atoms with Crippen LogP contribution in [0.15, 0.2) is 47.8 Å². The summed E-state index contributed by atoms with van der Waals surface area (Å²) in [7, 11) is 0. The largest absolute Gasteiger partial charge is 0.351 e. The predicted octanol–water partition coefficient (Wildman–Crippen LogP) is 4.15. The molecular weight excluding hydrogens is 422 g/mol. The summed E-state index contributed by atoms with van der Waals surface area (Å²) in [6.07, 6.45) is 4.95. The van der Waals surface area contributed by atoms with E-state index < -0.39 is 6.04 Å². The molecule has 1 aliphatic rings. The van der Waals surface area contributed by atoms with Crippen LogP contribution in [0.3, 0.4) is 0 Å². The standard InChI is InChI=1S/C25H33N3O3S/c1-18(2)14-15-28(22(29)17-26-24(30)21-13-8-16-32-21)23(19-9-4-3-5-10-19)25(31)27-20-11-6-7-12-20/h3-5,8-10,13,16,18,20,23H,6-7,11-12,14-15,17H2,1-2H3,(H,26,30)(H,27,31)/t23-/m1/s1. The van der Waals surface area contributed by atoms with Crippen molar-refractivity contribution in [3.05, 3.63) is 58.3 Å². The zero-order valence-corrected chi connectivity index (χ0v) is 19.7. The Kier molecular flexibility index (Phi) is 8.85. The van der Waals surface area contributed by atoms with E-state index in [0.717, 1.165) is 37.7 Å². The summed E-state index contributed by atoms with van der Waals surface area (Å²) in [5.74, 6) is -0.306. The van der Waals surface area contributed by atoms with E-state index in [9.17, 15) is 14.4 Å². The molecule has 3 amide bonds. The van der Waals surface area contributed by atoms with E-state index in [1.165, 1.54) is 11.3 Å². The Labute approximate surface area is 194 Å². The molecule has 0 radical (unpaired) electrons. The summed E-state index contributed by atoms with van der Waals surface area (Å²) in [4.78, 5) is 41.3. The number of amides is 3. The molecule has 1 fully saturated rings. The van der Waals surface area contributed by atoms with Crippen molar-refractivity contribution in [1.29, 1.82) is 0 Å². The molecule has 3 rings (SSSR count). The fraction of sp³-hybridized carbons (Fsp3) is 0.480. The van der Waals surface area contributed by atoms with Crippen molar-refractivity contribution in [2.24, 2.45) is 5.92 Å². The molecule has 32 heavy (non-hydrogen) atoms. The number of hydrogen-bond acceptors (Lipinski definition) is 4. The second kappa shape index (κ2) is 11.8. The molecule has 2 N–H and O–H groups in total. The molecule has 0 aliphatic heterocycles. The minimum Gasteiger partial charge on any atom is -0.351 e. The number of thiophene rings is 1. The van der Waals surface area contributed by atoms with E-state index in [0.29, 0.717) is 17.3 Å². The smallest absolute Gasteiger partial charge is 0.261 e. The van der Waals surface area contributed by atoms with Gasteiger partial charge in [-0.05, 0) is 42.2 Å². The Morgan fingerprint density at radius 1 is 1.06 bits per heavy atom. The summed E-state index contributed by atoms with van der Waals surface area (Å²) >= 11 is 1.33. The van der Waals surface area contributed by atoms with Gasteiger partial charge in [-0.15, -0.1) is 11.3 Å². The summed E-state index contributed by atoms with van der Waals surface area (Å²) in [6.45, 7) is 4.49. The molecule has 0 bridgehead atoms. The summed E-state index contributed by atoms with van der Waals surface area (Å²) in [5.41, 5.74) is 0.782. The normalized spacial score (nSPS) is 14.8. The van der Waals surface area contributed by atoms with Gasteiger partial charge in [0.15, 0.2) is 0 Å². The van der Waals surface area contributed by atoms with Gasteiger partial charge >= 0.3 is 0 Å². The van der Waals surface area contributed by atoms with Crippen LogP contribution in [0.2, 0.25) is 0 Å². The lowest BCUT2D eigenvalue weighted by Crippen LogP contribution is -2.49. The van der Waals surface area contributed by atoms with Gasteiger partial charge in [0.1, 0.15) is 6.04 Å². The van der Waals surface area contributed by atoms with Crippen molar-refractivity contribution < 1.29 is 14.4 Å². The van der Waals surface area contributed by atoms with E-state index in [-0.39, 0.29) is 30.3 Å². The molecule has 1 aromatic heterocycles. The van der Waals surface area contributed by atoms with Crippen LogP contribution in [-0.4, -0.2) is 41.8 Å². The Hall–Kier alpha value is -2.67. The van der Waals surface area contributed by atoms with Gasteiger partial charge in [0.25, 0.3) is 5.91 Å². The number of carbonyl (C=O) groups excluding carboxylic acids is 3. The van der Waals surface area contributed by atoms with Gasteiger partial charge in [0.05, 0.1) is 11.4 Å². The molecule has 6 nitrogen and oxygen atoms in total. The lowest BCUT2D eigenvalue weighted by molar-refractivity contribution is -0.140. The van der Waals surface area contributed by atoms with Gasteiger partial charge in [0, 0.05) is 12.6 Å². The van der Waals surface area contributed by atoms with Gasteiger partial charge in [-0.1, -0.05) is 63.1 Å². The molecule has 1 atom stereocenters. The SMILES string of the molecule is CC(C)CCN(C(=O)CNC(=O)c1cccs1)[C@@H](C(=O)NC1CCCC1)c1ccccc1. The van der Waals surface area contributed by atoms with Crippen LogP contribution in [0, 0.1) is 5.92 Å². The monoisotopic (exact) mass is 455 g/mol. The first-order valence-corrected chi connectivity index (χ1v) is 12.3. The third-order valence-electron chi connectivity index (χ3n) is 5.79. The summed E-state index contributed by atoms with van der Waals surface area (Å²) < 4.78 is 0. The van der Waals surface area contributed by atoms with Crippen LogP contribution in [0.4, 0.5) is 0 Å². The predicted molar refractivity (Wildman–Crippen MR) is 127 cm³/mol. The van der Waals surface area contributed by atoms with Gasteiger partial charge in [-0.3, -0.25) is 14.4 Å². The average molecular weight is 456 g/mol. The third-order valence-corrected chi connectivity index (χ3v) is 6.66. The third kappa shape index (κ3) is 6.66. The van der Waals surface area contributed by atoms with Crippen molar-refractivity contribution in [2.75, 3.05) is 13.1 Å². The lowest BCUT2D eigenvalue weighted by atomic mass is 10.0. The quantitative estimate of drug-likeness (QED) is 0.565. The second-order valence-electron chi connectivity index (χ2n) is 8.73. The van der Waals surface area contributed by atoms with Crippen LogP contribution in [0.1, 0.15) is 67.2 Å². The lowest BCUT2D eigenvalue weighted by Gasteiger charge is -2.33. The molecule has 0 spiro atoms. The minimum absolute atomic E-state index is 0.144. The van der Waals surface area contributed by atoms with E-state index >= 15 is 0 Å². The van der Waals surface area contributed by atoms with E-state index in [4.69, 9.17) is 0 Å². The van der Waals surface area contributed by atoms with Gasteiger partial charge in [-0.2, -0.15) is 0 Å². The summed E-state index contributed by atoms with van der Waals surface area (Å²) in [6, 6.07) is 12.4. The Bertz CT molecular complexity index is 877. The van der Waals surface area contributed by atoms with E-state index in [2.05, 4.69) is 24.5 Å². The summed E-state index contributed by atoms with van der Waals surface area (Å²) in [5, 5.41) is 7.71. The Morgan fingerprint density at radius 2 is 1.78 bits per heavy atom. The van der Waals surface area contributed by atoms with Crippen molar-refractivity contribution in [3.63, 3.8) is 0 Å². The Balaban J connectivity index is 1.80. The number of nitrogens with one attached hydrogen (secondary N) is 2. The molecule has 7 heteroatoms. The highest BCUT2D eigenvalue weighted by Gasteiger charge is 2.33. The number of benzene rings is 1. The van der Waals surface area contributed by atoms with Gasteiger partial charge < -0.3 is 15.5 Å². The second-order valence-corrected chi connectivity index (χ2v) is 9.68. The van der Waals surface area contributed by atoms with E-state index in [1.54, 1.807) is 17.0 Å². The zero-order chi connectivity index (χ0) is 22.9. The van der Waals surface area contributed by atoms with Crippen LogP contribution in [0.5, 0.6) is 0 Å². The molecule has 2 aromatic rings. The molecule has 1 aromatic carbocycles. The van der Waals surface area contributed by atoms with Gasteiger partial charge in [-0.25, -0.2) is 0 Å². The maximum Gasteiger partial charge on any atom is 0.261 e. The average Bonchev–Trinajstić information content (AvgIpc) is 3.49. The molecular formula is C25H33N3O3S. The minimum atomic E-state index is -0.721. The zero-order valence-electron chi connectivity index (χ0n) is 18.9. The molecule has 1 saturated carbocycles. The van der Waals surface area contributed by atoms with E-state index in [1.807, 2.05) is 35.7 Å². The molecule has 1 heterocycles. The van der Waals surface area contributed by atoms with Crippen LogP contribution in [-0.2, 0) is 9.59 Å². The van der Waals surface area contributed by atoms with Crippen molar-refractivity contribution in [3.8, 4) is 0 Å². The van der Waals surface area contributed by atoms with Crippen LogP contribution < -0.4 is 10.6 Å². The molecule has 0 saturated heterocycles. The topological polar surface area (TPSA) is 78.5 Å². The number of carbonyl (C=O) groups is 3. The molecule has 0 unspecified atom stereocenters. The first-order chi connectivity index (χ1) is 15.5. The fourth-order valence-corrected chi connectivity index (χ4v) is 4.65. The first-order valence-electron chi connectivity index (χ1n) is 11.4. The maximum absolute atomic E-state index is 13.4. The highest BCUT2D eigenvalue weighted by atomic mass is 32.1. The first kappa shape index (κ1) is 24.0. The van der Waals surface area contributed by atoms with Gasteiger partial charge in [0.2, 0.25) is 11.8 Å². The highest BCUT2D eigenvalue weighted by Crippen LogP contribution is 2.25. The fourth-order valence-electron chi connectivity index (χ4n) is 4.01. The Morgan fingerprint density at radius 3 is 2.41 bits per heavy atom. The maximum atomic E-state index is 13.4. The van der Waals surface area contributed by atoms with Crippen LogP contribution >= 0.6 is 11.3 Å². The number of hydrogen-bond donors (Lipinski definition) is 2.